The number of carbonyl (C=O) groups excluding carboxylic acids is 2. The third kappa shape index (κ3) is 5.80. The standard InChI is InChI=1S/C16H22FN3O2.ClH/c1-18-9-6-15(21)20-10-7-14(8-11-20)19-16(22)12-2-4-13(17)5-3-12;/h2-5,14,18H,6-11H2,1H3,(H,19,22);1H. The number of amides is 2. The predicted molar refractivity (Wildman–Crippen MR) is 89.3 cm³/mol. The maximum Gasteiger partial charge on any atom is 0.251 e. The highest BCUT2D eigenvalue weighted by atomic mass is 35.5. The molecular formula is C16H23ClFN3O2. The van der Waals surface area contributed by atoms with E-state index in [1.165, 1.54) is 24.3 Å². The van der Waals surface area contributed by atoms with Crippen LogP contribution in [0, 0.1) is 5.82 Å². The van der Waals surface area contributed by atoms with Crippen molar-refractivity contribution in [1.82, 2.24) is 15.5 Å². The molecule has 0 atom stereocenters. The van der Waals surface area contributed by atoms with Crippen molar-refractivity contribution in [3.05, 3.63) is 35.6 Å². The van der Waals surface area contributed by atoms with Crippen LogP contribution in [0.2, 0.25) is 0 Å². The molecule has 0 aromatic heterocycles. The third-order valence-corrected chi connectivity index (χ3v) is 3.88. The summed E-state index contributed by atoms with van der Waals surface area (Å²) in [5.41, 5.74) is 0.453. The second kappa shape index (κ2) is 9.47. The molecule has 1 aliphatic heterocycles. The maximum atomic E-state index is 12.8. The summed E-state index contributed by atoms with van der Waals surface area (Å²) in [4.78, 5) is 25.8. The summed E-state index contributed by atoms with van der Waals surface area (Å²) >= 11 is 0. The van der Waals surface area contributed by atoms with E-state index in [0.717, 1.165) is 12.8 Å². The molecule has 7 heteroatoms. The van der Waals surface area contributed by atoms with E-state index in [0.29, 0.717) is 31.6 Å². The lowest BCUT2D eigenvalue weighted by atomic mass is 10.0. The molecule has 1 heterocycles. The zero-order valence-electron chi connectivity index (χ0n) is 13.2. The number of nitrogens with zero attached hydrogens (tertiary/aromatic N) is 1. The molecule has 1 aliphatic rings. The number of nitrogens with one attached hydrogen (secondary N) is 2. The van der Waals surface area contributed by atoms with Crippen molar-refractivity contribution < 1.29 is 14.0 Å². The quantitative estimate of drug-likeness (QED) is 0.853. The minimum absolute atomic E-state index is 0. The lowest BCUT2D eigenvalue weighted by Crippen LogP contribution is -2.46. The van der Waals surface area contributed by atoms with Crippen LogP contribution in [0.15, 0.2) is 24.3 Å². The first-order chi connectivity index (χ1) is 10.6. The number of carbonyl (C=O) groups is 2. The van der Waals surface area contributed by atoms with Gasteiger partial charge in [0.2, 0.25) is 5.91 Å². The summed E-state index contributed by atoms with van der Waals surface area (Å²) in [5.74, 6) is -0.400. The number of hydrogen-bond donors (Lipinski definition) is 2. The Labute approximate surface area is 142 Å². The lowest BCUT2D eigenvalue weighted by Gasteiger charge is -2.32. The molecule has 0 spiro atoms. The van der Waals surface area contributed by atoms with Gasteiger partial charge in [0, 0.05) is 37.7 Å². The molecule has 2 amide bonds. The fourth-order valence-electron chi connectivity index (χ4n) is 2.53. The van der Waals surface area contributed by atoms with Crippen LogP contribution >= 0.6 is 12.4 Å². The topological polar surface area (TPSA) is 61.4 Å². The van der Waals surface area contributed by atoms with Crippen LogP contribution < -0.4 is 10.6 Å². The number of piperidine rings is 1. The molecule has 0 unspecified atom stereocenters. The number of halogens is 2. The van der Waals surface area contributed by atoms with Gasteiger partial charge >= 0.3 is 0 Å². The van der Waals surface area contributed by atoms with Crippen LogP contribution in [0.1, 0.15) is 29.6 Å². The van der Waals surface area contributed by atoms with Crippen LogP contribution in [-0.4, -0.2) is 49.4 Å². The SMILES string of the molecule is CNCCC(=O)N1CCC(NC(=O)c2ccc(F)cc2)CC1.Cl. The molecule has 1 saturated heterocycles. The molecule has 2 rings (SSSR count). The Bertz CT molecular complexity index is 517. The molecule has 128 valence electrons. The van der Waals surface area contributed by atoms with Crippen LogP contribution in [0.25, 0.3) is 0 Å². The summed E-state index contributed by atoms with van der Waals surface area (Å²) in [5, 5.41) is 5.91. The molecule has 1 fully saturated rings. The Morgan fingerprint density at radius 1 is 1.22 bits per heavy atom. The van der Waals surface area contributed by atoms with E-state index < -0.39 is 0 Å². The van der Waals surface area contributed by atoms with Crippen molar-refractivity contribution in [1.29, 1.82) is 0 Å². The van der Waals surface area contributed by atoms with E-state index in [1.807, 2.05) is 11.9 Å². The fraction of sp³-hybridized carbons (Fsp3) is 0.500. The molecule has 0 aliphatic carbocycles. The molecule has 23 heavy (non-hydrogen) atoms. The Morgan fingerprint density at radius 2 is 1.83 bits per heavy atom. The van der Waals surface area contributed by atoms with Crippen molar-refractivity contribution >= 4 is 24.2 Å². The summed E-state index contributed by atoms with van der Waals surface area (Å²) in [7, 11) is 1.82. The van der Waals surface area contributed by atoms with Gasteiger partial charge in [0.05, 0.1) is 0 Å². The van der Waals surface area contributed by atoms with Crippen LogP contribution in [0.3, 0.4) is 0 Å². The lowest BCUT2D eigenvalue weighted by molar-refractivity contribution is -0.132. The summed E-state index contributed by atoms with van der Waals surface area (Å²) in [6, 6.07) is 5.56. The number of benzene rings is 1. The average Bonchev–Trinajstić information content (AvgIpc) is 2.54. The zero-order valence-corrected chi connectivity index (χ0v) is 14.0. The highest BCUT2D eigenvalue weighted by Crippen LogP contribution is 2.12. The van der Waals surface area contributed by atoms with Crippen molar-refractivity contribution in [2.75, 3.05) is 26.7 Å². The van der Waals surface area contributed by atoms with E-state index in [4.69, 9.17) is 0 Å². The first-order valence-corrected chi connectivity index (χ1v) is 7.59. The third-order valence-electron chi connectivity index (χ3n) is 3.88. The van der Waals surface area contributed by atoms with Crippen molar-refractivity contribution in [3.63, 3.8) is 0 Å². The van der Waals surface area contributed by atoms with Gasteiger partial charge in [-0.25, -0.2) is 4.39 Å². The second-order valence-electron chi connectivity index (χ2n) is 5.49. The van der Waals surface area contributed by atoms with E-state index >= 15 is 0 Å². The van der Waals surface area contributed by atoms with Crippen LogP contribution in [-0.2, 0) is 4.79 Å². The van der Waals surface area contributed by atoms with Crippen LogP contribution in [0.5, 0.6) is 0 Å². The van der Waals surface area contributed by atoms with Crippen molar-refractivity contribution in [2.24, 2.45) is 0 Å². The van der Waals surface area contributed by atoms with E-state index in [-0.39, 0.29) is 36.1 Å². The predicted octanol–water partition coefficient (Wildman–Crippen LogP) is 1.58. The molecule has 0 saturated carbocycles. The zero-order chi connectivity index (χ0) is 15.9. The molecule has 1 aromatic rings. The molecule has 0 radical (unpaired) electrons. The van der Waals surface area contributed by atoms with Gasteiger partial charge in [0.15, 0.2) is 0 Å². The van der Waals surface area contributed by atoms with Crippen molar-refractivity contribution in [3.8, 4) is 0 Å². The Morgan fingerprint density at radius 3 is 2.39 bits per heavy atom. The Kier molecular flexibility index (Phi) is 7.98. The molecule has 0 bridgehead atoms. The number of hydrogen-bond acceptors (Lipinski definition) is 3. The van der Waals surface area contributed by atoms with Gasteiger partial charge in [-0.15, -0.1) is 12.4 Å². The number of likely N-dealkylation sites (tertiary alicyclic amines) is 1. The highest BCUT2D eigenvalue weighted by molar-refractivity contribution is 5.94. The molecule has 5 nitrogen and oxygen atoms in total. The van der Waals surface area contributed by atoms with E-state index in [1.54, 1.807) is 0 Å². The molecule has 1 aromatic carbocycles. The summed E-state index contributed by atoms with van der Waals surface area (Å²) in [6.07, 6.45) is 2.00. The van der Waals surface area contributed by atoms with E-state index in [2.05, 4.69) is 10.6 Å². The monoisotopic (exact) mass is 343 g/mol. The Balaban J connectivity index is 0.00000264. The second-order valence-corrected chi connectivity index (χ2v) is 5.49. The number of rotatable bonds is 5. The smallest absolute Gasteiger partial charge is 0.251 e. The Hall–Kier alpha value is -1.66. The van der Waals surface area contributed by atoms with Crippen molar-refractivity contribution in [2.45, 2.75) is 25.3 Å². The normalized spacial score (nSPS) is 15.0. The first kappa shape index (κ1) is 19.4. The maximum absolute atomic E-state index is 12.8. The van der Waals surface area contributed by atoms with Gasteiger partial charge in [-0.1, -0.05) is 0 Å². The summed E-state index contributed by atoms with van der Waals surface area (Å²) < 4.78 is 12.8. The van der Waals surface area contributed by atoms with Gasteiger partial charge in [0.1, 0.15) is 5.82 Å². The van der Waals surface area contributed by atoms with Gasteiger partial charge in [-0.05, 0) is 44.2 Å². The van der Waals surface area contributed by atoms with Gasteiger partial charge < -0.3 is 15.5 Å². The first-order valence-electron chi connectivity index (χ1n) is 7.59. The average molecular weight is 344 g/mol. The minimum Gasteiger partial charge on any atom is -0.349 e. The summed E-state index contributed by atoms with van der Waals surface area (Å²) in [6.45, 7) is 2.01. The van der Waals surface area contributed by atoms with Gasteiger partial charge in [-0.2, -0.15) is 0 Å². The molecular weight excluding hydrogens is 321 g/mol. The van der Waals surface area contributed by atoms with E-state index in [9.17, 15) is 14.0 Å². The van der Waals surface area contributed by atoms with Gasteiger partial charge in [0.25, 0.3) is 5.91 Å². The highest BCUT2D eigenvalue weighted by Gasteiger charge is 2.23. The molecule has 2 N–H and O–H groups in total. The van der Waals surface area contributed by atoms with Gasteiger partial charge in [-0.3, -0.25) is 9.59 Å². The largest absolute Gasteiger partial charge is 0.349 e. The van der Waals surface area contributed by atoms with Crippen LogP contribution in [0.4, 0.5) is 4.39 Å². The minimum atomic E-state index is -0.357. The fourth-order valence-corrected chi connectivity index (χ4v) is 2.53.